The summed E-state index contributed by atoms with van der Waals surface area (Å²) in [7, 11) is -3.81. The van der Waals surface area contributed by atoms with Gasteiger partial charge in [-0.05, 0) is 42.2 Å². The van der Waals surface area contributed by atoms with E-state index < -0.39 is 16.1 Å². The van der Waals surface area contributed by atoms with Crippen molar-refractivity contribution in [1.29, 1.82) is 0 Å². The summed E-state index contributed by atoms with van der Waals surface area (Å²) in [6, 6.07) is 13.0. The monoisotopic (exact) mass is 361 g/mol. The Bertz CT molecular complexity index is 837. The van der Waals surface area contributed by atoms with Gasteiger partial charge in [0.2, 0.25) is 0 Å². The van der Waals surface area contributed by atoms with Crippen molar-refractivity contribution in [1.82, 2.24) is 10.3 Å². The minimum absolute atomic E-state index is 0.0183. The van der Waals surface area contributed by atoms with E-state index in [4.69, 9.17) is 0 Å². The predicted molar refractivity (Wildman–Crippen MR) is 98.8 cm³/mol. The Labute approximate surface area is 148 Å². The molecule has 0 aliphatic heterocycles. The van der Waals surface area contributed by atoms with Gasteiger partial charge in [0.05, 0.1) is 4.90 Å². The second kappa shape index (κ2) is 7.25. The number of sulfonamides is 1. The Morgan fingerprint density at radius 2 is 1.48 bits per heavy atom. The van der Waals surface area contributed by atoms with Crippen LogP contribution in [0.5, 0.6) is 0 Å². The number of carbonyl (C=O) groups is 1. The minimum Gasteiger partial charge on any atom is -0.307 e. The number of rotatable bonds is 4. The standard InChI is InChI=1S/C18H23N3O3S/c1-13-5-11-16(12-6-13)25(23,24)21-20-17(22)19-15-9-7-14(8-10-15)18(2,3)4/h5-12,21H,1-4H3,(H2,19,20,22). The van der Waals surface area contributed by atoms with E-state index >= 15 is 0 Å². The van der Waals surface area contributed by atoms with E-state index in [0.717, 1.165) is 11.1 Å². The van der Waals surface area contributed by atoms with Crippen molar-refractivity contribution < 1.29 is 13.2 Å². The quantitative estimate of drug-likeness (QED) is 0.730. The number of hydrogen-bond acceptors (Lipinski definition) is 3. The number of hydrogen-bond donors (Lipinski definition) is 3. The van der Waals surface area contributed by atoms with Crippen LogP contribution in [-0.4, -0.2) is 14.4 Å². The van der Waals surface area contributed by atoms with E-state index in [-0.39, 0.29) is 10.3 Å². The maximum absolute atomic E-state index is 12.1. The molecule has 0 atom stereocenters. The molecule has 2 aromatic rings. The van der Waals surface area contributed by atoms with E-state index in [1.165, 1.54) is 12.1 Å². The van der Waals surface area contributed by atoms with Crippen molar-refractivity contribution >= 4 is 21.7 Å². The SMILES string of the molecule is Cc1ccc(S(=O)(=O)NNC(=O)Nc2ccc(C(C)(C)C)cc2)cc1. The highest BCUT2D eigenvalue weighted by Crippen LogP contribution is 2.23. The number of anilines is 1. The Hall–Kier alpha value is -2.38. The van der Waals surface area contributed by atoms with Crippen LogP contribution in [0.2, 0.25) is 0 Å². The fourth-order valence-corrected chi connectivity index (χ4v) is 2.95. The highest BCUT2D eigenvalue weighted by molar-refractivity contribution is 7.89. The van der Waals surface area contributed by atoms with E-state index in [0.29, 0.717) is 5.69 Å². The van der Waals surface area contributed by atoms with Crippen LogP contribution in [0, 0.1) is 6.92 Å². The topological polar surface area (TPSA) is 87.3 Å². The number of carbonyl (C=O) groups excluding carboxylic acids is 1. The molecule has 0 unspecified atom stereocenters. The van der Waals surface area contributed by atoms with Crippen LogP contribution in [-0.2, 0) is 15.4 Å². The lowest BCUT2D eigenvalue weighted by atomic mass is 9.87. The lowest BCUT2D eigenvalue weighted by Crippen LogP contribution is -2.43. The number of urea groups is 1. The number of hydrazine groups is 1. The molecule has 0 saturated carbocycles. The molecule has 7 heteroatoms. The van der Waals surface area contributed by atoms with Crippen LogP contribution in [0.3, 0.4) is 0 Å². The molecule has 2 rings (SSSR count). The van der Waals surface area contributed by atoms with Crippen LogP contribution in [0.4, 0.5) is 10.5 Å². The zero-order valence-electron chi connectivity index (χ0n) is 14.8. The van der Waals surface area contributed by atoms with Gasteiger partial charge in [-0.15, -0.1) is 4.83 Å². The molecule has 0 bridgehead atoms. The number of nitrogens with one attached hydrogen (secondary N) is 3. The van der Waals surface area contributed by atoms with Crippen molar-refractivity contribution in [2.45, 2.75) is 38.0 Å². The van der Waals surface area contributed by atoms with Crippen molar-refractivity contribution in [3.63, 3.8) is 0 Å². The van der Waals surface area contributed by atoms with Gasteiger partial charge in [-0.25, -0.2) is 13.2 Å². The molecule has 0 heterocycles. The average molecular weight is 361 g/mol. The predicted octanol–water partition coefficient (Wildman–Crippen LogP) is 3.31. The van der Waals surface area contributed by atoms with Gasteiger partial charge in [-0.2, -0.15) is 0 Å². The van der Waals surface area contributed by atoms with Gasteiger partial charge in [0.1, 0.15) is 0 Å². The third kappa shape index (κ3) is 5.30. The average Bonchev–Trinajstić information content (AvgIpc) is 2.53. The van der Waals surface area contributed by atoms with Crippen LogP contribution in [0.25, 0.3) is 0 Å². The van der Waals surface area contributed by atoms with Gasteiger partial charge in [-0.3, -0.25) is 5.43 Å². The zero-order valence-corrected chi connectivity index (χ0v) is 15.6. The maximum atomic E-state index is 12.1. The molecule has 2 amide bonds. The number of amides is 2. The van der Waals surface area contributed by atoms with Crippen molar-refractivity contribution in [2.75, 3.05) is 5.32 Å². The lowest BCUT2D eigenvalue weighted by molar-refractivity contribution is 0.250. The molecule has 0 aliphatic rings. The van der Waals surface area contributed by atoms with Crippen LogP contribution in [0.15, 0.2) is 53.4 Å². The minimum atomic E-state index is -3.81. The summed E-state index contributed by atoms with van der Waals surface area (Å²) in [5.74, 6) is 0. The summed E-state index contributed by atoms with van der Waals surface area (Å²) in [6.45, 7) is 8.16. The van der Waals surface area contributed by atoms with Gasteiger partial charge >= 0.3 is 6.03 Å². The molecule has 0 saturated heterocycles. The largest absolute Gasteiger partial charge is 0.334 e. The van der Waals surface area contributed by atoms with Crippen LogP contribution < -0.4 is 15.6 Å². The first-order valence-electron chi connectivity index (χ1n) is 7.84. The van der Waals surface area contributed by atoms with Crippen molar-refractivity contribution in [2.24, 2.45) is 0 Å². The molecule has 0 aromatic heterocycles. The zero-order chi connectivity index (χ0) is 18.7. The smallest absolute Gasteiger partial charge is 0.307 e. The second-order valence-electron chi connectivity index (χ2n) is 6.83. The lowest BCUT2D eigenvalue weighted by Gasteiger charge is -2.19. The third-order valence-electron chi connectivity index (χ3n) is 3.64. The first-order valence-corrected chi connectivity index (χ1v) is 9.32. The Morgan fingerprint density at radius 1 is 0.920 bits per heavy atom. The molecule has 25 heavy (non-hydrogen) atoms. The first-order chi connectivity index (χ1) is 11.6. The molecule has 0 radical (unpaired) electrons. The fourth-order valence-electron chi connectivity index (χ4n) is 2.11. The molecule has 0 fully saturated rings. The third-order valence-corrected chi connectivity index (χ3v) is 4.90. The molecule has 134 valence electrons. The van der Waals surface area contributed by atoms with Crippen LogP contribution >= 0.6 is 0 Å². The summed E-state index contributed by atoms with van der Waals surface area (Å²) >= 11 is 0. The Balaban J connectivity index is 1.95. The summed E-state index contributed by atoms with van der Waals surface area (Å²) in [4.78, 5) is 14.0. The molecule has 0 spiro atoms. The number of aryl methyl sites for hydroxylation is 1. The summed E-state index contributed by atoms with van der Waals surface area (Å²) < 4.78 is 24.2. The van der Waals surface area contributed by atoms with Gasteiger partial charge in [0.25, 0.3) is 10.0 Å². The highest BCUT2D eigenvalue weighted by atomic mass is 32.2. The molecular formula is C18H23N3O3S. The van der Waals surface area contributed by atoms with E-state index in [1.54, 1.807) is 24.3 Å². The number of benzene rings is 2. The normalized spacial score (nSPS) is 11.8. The molecular weight excluding hydrogens is 338 g/mol. The van der Waals surface area contributed by atoms with Crippen molar-refractivity contribution in [3.8, 4) is 0 Å². The molecule has 6 nitrogen and oxygen atoms in total. The van der Waals surface area contributed by atoms with Gasteiger partial charge in [0, 0.05) is 5.69 Å². The van der Waals surface area contributed by atoms with Crippen molar-refractivity contribution in [3.05, 3.63) is 59.7 Å². The Kier molecular flexibility index (Phi) is 5.49. The van der Waals surface area contributed by atoms with Gasteiger partial charge in [-0.1, -0.05) is 50.6 Å². The molecule has 2 aromatic carbocycles. The van der Waals surface area contributed by atoms with Gasteiger partial charge < -0.3 is 5.32 Å². The first kappa shape index (κ1) is 19.0. The molecule has 3 N–H and O–H groups in total. The van der Waals surface area contributed by atoms with E-state index in [1.807, 2.05) is 19.1 Å². The Morgan fingerprint density at radius 3 is 2.00 bits per heavy atom. The summed E-state index contributed by atoms with van der Waals surface area (Å²) in [5.41, 5.74) is 4.81. The van der Waals surface area contributed by atoms with E-state index in [9.17, 15) is 13.2 Å². The fraction of sp³-hybridized carbons (Fsp3) is 0.278. The van der Waals surface area contributed by atoms with E-state index in [2.05, 4.69) is 36.3 Å². The van der Waals surface area contributed by atoms with Crippen LogP contribution in [0.1, 0.15) is 31.9 Å². The highest BCUT2D eigenvalue weighted by Gasteiger charge is 2.15. The van der Waals surface area contributed by atoms with Gasteiger partial charge in [0.15, 0.2) is 0 Å². The maximum Gasteiger partial charge on any atom is 0.334 e. The molecule has 0 aliphatic carbocycles. The summed E-state index contributed by atoms with van der Waals surface area (Å²) in [5, 5.41) is 2.58. The second-order valence-corrected chi connectivity index (χ2v) is 8.51. The summed E-state index contributed by atoms with van der Waals surface area (Å²) in [6.07, 6.45) is 0.